The highest BCUT2D eigenvalue weighted by molar-refractivity contribution is 5.51. The summed E-state index contributed by atoms with van der Waals surface area (Å²) in [6.07, 6.45) is 1.09. The van der Waals surface area contributed by atoms with E-state index in [0.29, 0.717) is 0 Å². The molecule has 2 unspecified atom stereocenters. The molecule has 2 rings (SSSR count). The van der Waals surface area contributed by atoms with Crippen molar-refractivity contribution in [3.05, 3.63) is 34.4 Å². The van der Waals surface area contributed by atoms with Crippen LogP contribution in [0.4, 0.5) is 11.4 Å². The van der Waals surface area contributed by atoms with Crippen molar-refractivity contribution in [1.29, 1.82) is 0 Å². The van der Waals surface area contributed by atoms with Crippen LogP contribution in [0.5, 0.6) is 0 Å². The summed E-state index contributed by atoms with van der Waals surface area (Å²) in [6.45, 7) is 2.75. The molecule has 0 saturated carbocycles. The third-order valence-corrected chi connectivity index (χ3v) is 2.79. The van der Waals surface area contributed by atoms with Gasteiger partial charge in [-0.05, 0) is 19.4 Å². The Morgan fingerprint density at radius 1 is 1.56 bits per heavy atom. The fraction of sp³-hybridized carbons (Fsp3) is 0.455. The number of nitrogens with one attached hydrogen (secondary N) is 1. The molecule has 1 aromatic carbocycles. The number of benzene rings is 1. The Morgan fingerprint density at radius 2 is 2.38 bits per heavy atom. The van der Waals surface area contributed by atoms with Gasteiger partial charge in [0.05, 0.1) is 17.1 Å². The number of nitrogens with zero attached hydrogens (tertiary/aromatic N) is 1. The average molecular weight is 222 g/mol. The summed E-state index contributed by atoms with van der Waals surface area (Å²) in [5.74, 6) is 0. The molecule has 16 heavy (non-hydrogen) atoms. The van der Waals surface area contributed by atoms with Crippen molar-refractivity contribution in [3.63, 3.8) is 0 Å². The fourth-order valence-electron chi connectivity index (χ4n) is 1.84. The average Bonchev–Trinajstić information content (AvgIpc) is 2.65. The van der Waals surface area contributed by atoms with Gasteiger partial charge in [-0.15, -0.1) is 0 Å². The number of hydrogen-bond acceptors (Lipinski definition) is 4. The molecule has 1 aliphatic rings. The van der Waals surface area contributed by atoms with E-state index in [-0.39, 0.29) is 22.8 Å². The molecule has 1 aliphatic heterocycles. The zero-order valence-corrected chi connectivity index (χ0v) is 9.05. The van der Waals surface area contributed by atoms with Crippen molar-refractivity contribution in [2.45, 2.75) is 25.5 Å². The second-order valence-corrected chi connectivity index (χ2v) is 3.92. The highest BCUT2D eigenvalue weighted by Gasteiger charge is 2.24. The Morgan fingerprint density at radius 3 is 3.00 bits per heavy atom. The lowest BCUT2D eigenvalue weighted by Crippen LogP contribution is -2.26. The standard InChI is InChI=1S/C11H14N2O3/c1-8-11(5-6-16-8)12-9-3-2-4-10(7-9)13(14)15/h2-4,7-8,11-12H,5-6H2,1H3. The molecule has 1 fully saturated rings. The lowest BCUT2D eigenvalue weighted by atomic mass is 10.1. The highest BCUT2D eigenvalue weighted by atomic mass is 16.6. The van der Waals surface area contributed by atoms with Gasteiger partial charge in [-0.1, -0.05) is 6.07 Å². The van der Waals surface area contributed by atoms with Gasteiger partial charge in [-0.3, -0.25) is 10.1 Å². The van der Waals surface area contributed by atoms with E-state index in [4.69, 9.17) is 4.74 Å². The summed E-state index contributed by atoms with van der Waals surface area (Å²) >= 11 is 0. The molecule has 0 aromatic heterocycles. The van der Waals surface area contributed by atoms with Crippen LogP contribution in [0.2, 0.25) is 0 Å². The van der Waals surface area contributed by atoms with Crippen molar-refractivity contribution >= 4 is 11.4 Å². The molecule has 0 aliphatic carbocycles. The first kappa shape index (κ1) is 10.9. The topological polar surface area (TPSA) is 64.4 Å². The van der Waals surface area contributed by atoms with Gasteiger partial charge in [-0.25, -0.2) is 0 Å². The SMILES string of the molecule is CC1OCCC1Nc1cccc([N+](=O)[O-])c1. The third-order valence-electron chi connectivity index (χ3n) is 2.79. The predicted molar refractivity (Wildman–Crippen MR) is 60.5 cm³/mol. The van der Waals surface area contributed by atoms with Crippen molar-refractivity contribution in [1.82, 2.24) is 0 Å². The molecular weight excluding hydrogens is 208 g/mol. The van der Waals surface area contributed by atoms with Crippen molar-refractivity contribution < 1.29 is 9.66 Å². The molecule has 1 aromatic rings. The largest absolute Gasteiger partial charge is 0.379 e. The Labute approximate surface area is 93.6 Å². The zero-order valence-electron chi connectivity index (χ0n) is 9.05. The summed E-state index contributed by atoms with van der Waals surface area (Å²) in [7, 11) is 0. The maximum absolute atomic E-state index is 10.6. The van der Waals surface area contributed by atoms with Crippen LogP contribution < -0.4 is 5.32 Å². The quantitative estimate of drug-likeness (QED) is 0.629. The Hall–Kier alpha value is -1.62. The molecule has 5 heteroatoms. The van der Waals surface area contributed by atoms with Crippen LogP contribution >= 0.6 is 0 Å². The minimum Gasteiger partial charge on any atom is -0.379 e. The maximum atomic E-state index is 10.6. The van der Waals surface area contributed by atoms with Gasteiger partial charge >= 0.3 is 0 Å². The van der Waals surface area contributed by atoms with E-state index in [1.807, 2.05) is 13.0 Å². The van der Waals surface area contributed by atoms with Crippen LogP contribution in [0.1, 0.15) is 13.3 Å². The van der Waals surface area contributed by atoms with Gasteiger partial charge in [0.1, 0.15) is 0 Å². The van der Waals surface area contributed by atoms with Crippen LogP contribution in [0, 0.1) is 10.1 Å². The van der Waals surface area contributed by atoms with Crippen molar-refractivity contribution in [2.75, 3.05) is 11.9 Å². The minimum absolute atomic E-state index is 0.108. The monoisotopic (exact) mass is 222 g/mol. The second-order valence-electron chi connectivity index (χ2n) is 3.92. The number of rotatable bonds is 3. The van der Waals surface area contributed by atoms with E-state index in [1.165, 1.54) is 6.07 Å². The van der Waals surface area contributed by atoms with Crippen molar-refractivity contribution in [2.24, 2.45) is 0 Å². The molecule has 1 saturated heterocycles. The Balaban J connectivity index is 2.09. The van der Waals surface area contributed by atoms with E-state index in [9.17, 15) is 10.1 Å². The first-order chi connectivity index (χ1) is 7.66. The van der Waals surface area contributed by atoms with E-state index >= 15 is 0 Å². The van der Waals surface area contributed by atoms with Gasteiger partial charge in [0.2, 0.25) is 0 Å². The summed E-state index contributed by atoms with van der Waals surface area (Å²) in [6, 6.07) is 6.78. The molecule has 1 N–H and O–H groups in total. The van der Waals surface area contributed by atoms with Crippen LogP contribution in [0.15, 0.2) is 24.3 Å². The highest BCUT2D eigenvalue weighted by Crippen LogP contribution is 2.22. The normalized spacial score (nSPS) is 24.3. The predicted octanol–water partition coefficient (Wildman–Crippen LogP) is 2.18. The number of ether oxygens (including phenoxy) is 1. The lowest BCUT2D eigenvalue weighted by molar-refractivity contribution is -0.384. The number of nitro benzene ring substituents is 1. The van der Waals surface area contributed by atoms with Crippen LogP contribution in [-0.2, 0) is 4.74 Å². The zero-order chi connectivity index (χ0) is 11.5. The van der Waals surface area contributed by atoms with E-state index in [1.54, 1.807) is 12.1 Å². The molecule has 1 heterocycles. The summed E-state index contributed by atoms with van der Waals surface area (Å²) in [4.78, 5) is 10.2. The first-order valence-electron chi connectivity index (χ1n) is 5.29. The smallest absolute Gasteiger partial charge is 0.271 e. The molecule has 0 radical (unpaired) electrons. The van der Waals surface area contributed by atoms with Gasteiger partial charge in [0.15, 0.2) is 0 Å². The van der Waals surface area contributed by atoms with Gasteiger partial charge in [0.25, 0.3) is 5.69 Å². The lowest BCUT2D eigenvalue weighted by Gasteiger charge is -2.16. The van der Waals surface area contributed by atoms with Crippen LogP contribution in [-0.4, -0.2) is 23.7 Å². The summed E-state index contributed by atoms with van der Waals surface area (Å²) < 4.78 is 5.42. The van der Waals surface area contributed by atoms with Crippen LogP contribution in [0.3, 0.4) is 0 Å². The Kier molecular flexibility index (Phi) is 3.05. The molecule has 86 valence electrons. The number of hydrogen-bond donors (Lipinski definition) is 1. The fourth-order valence-corrected chi connectivity index (χ4v) is 1.84. The number of nitro groups is 1. The minimum atomic E-state index is -0.389. The summed E-state index contributed by atoms with van der Waals surface area (Å²) in [5.41, 5.74) is 0.883. The molecule has 5 nitrogen and oxygen atoms in total. The number of non-ortho nitro benzene ring substituents is 1. The van der Waals surface area contributed by atoms with Crippen LogP contribution in [0.25, 0.3) is 0 Å². The van der Waals surface area contributed by atoms with E-state index in [2.05, 4.69) is 5.32 Å². The molecular formula is C11H14N2O3. The third kappa shape index (κ3) is 2.30. The van der Waals surface area contributed by atoms with Gasteiger partial charge < -0.3 is 10.1 Å². The molecule has 0 bridgehead atoms. The van der Waals surface area contributed by atoms with E-state index in [0.717, 1.165) is 18.7 Å². The van der Waals surface area contributed by atoms with Gasteiger partial charge in [0, 0.05) is 24.4 Å². The first-order valence-corrected chi connectivity index (χ1v) is 5.29. The maximum Gasteiger partial charge on any atom is 0.271 e. The van der Waals surface area contributed by atoms with E-state index < -0.39 is 0 Å². The number of anilines is 1. The Bertz CT molecular complexity index is 395. The molecule has 0 amide bonds. The second kappa shape index (κ2) is 4.49. The van der Waals surface area contributed by atoms with Gasteiger partial charge in [-0.2, -0.15) is 0 Å². The molecule has 0 spiro atoms. The van der Waals surface area contributed by atoms with Crippen molar-refractivity contribution in [3.8, 4) is 0 Å². The molecule has 2 atom stereocenters. The summed E-state index contributed by atoms with van der Waals surface area (Å²) in [5, 5.41) is 13.9.